The Balaban J connectivity index is 0. The van der Waals surface area contributed by atoms with E-state index in [0.29, 0.717) is 6.42 Å². The Kier molecular flexibility index (Phi) is 39.9. The van der Waals surface area contributed by atoms with Crippen LogP contribution in [0.5, 0.6) is 0 Å². The molecule has 0 aromatic rings. The van der Waals surface area contributed by atoms with E-state index in [2.05, 4.69) is 45.1 Å². The van der Waals surface area contributed by atoms with Gasteiger partial charge in [0.1, 0.15) is 0 Å². The fourth-order valence-electron chi connectivity index (χ4n) is 5.47. The molecule has 0 aromatic carbocycles. The molecule has 0 amide bonds. The van der Waals surface area contributed by atoms with Gasteiger partial charge in [0, 0.05) is 6.42 Å². The molecule has 0 saturated carbocycles. The Hall–Kier alpha value is -1.58. The third kappa shape index (κ3) is 40.4. The summed E-state index contributed by atoms with van der Waals surface area (Å²) in [5, 5.41) is 17.7. The van der Waals surface area contributed by atoms with Crippen LogP contribution in [0.4, 0.5) is 0 Å². The van der Waals surface area contributed by atoms with Crippen molar-refractivity contribution in [1.29, 1.82) is 0 Å². The van der Waals surface area contributed by atoms with E-state index < -0.39 is 11.9 Å². The first-order valence-corrected chi connectivity index (χ1v) is 19.2. The highest BCUT2D eigenvalue weighted by atomic mass is 16.4. The Bertz CT molecular complexity index is 639. The first-order chi connectivity index (χ1) is 21.5. The number of hydrogen-bond donors (Lipinski definition) is 2. The summed E-state index contributed by atoms with van der Waals surface area (Å²) < 4.78 is 0. The zero-order valence-corrected chi connectivity index (χ0v) is 29.8. The molecule has 260 valence electrons. The van der Waals surface area contributed by atoms with Crippen molar-refractivity contribution in [2.45, 2.75) is 213 Å². The largest absolute Gasteiger partial charge is 0.481 e. The van der Waals surface area contributed by atoms with Gasteiger partial charge in [0.15, 0.2) is 0 Å². The third-order valence-corrected chi connectivity index (χ3v) is 8.47. The molecule has 0 bridgehead atoms. The topological polar surface area (TPSA) is 74.6 Å². The number of carboxylic acid groups (broad SMARTS) is 2. The van der Waals surface area contributed by atoms with Crippen molar-refractivity contribution in [1.82, 2.24) is 0 Å². The van der Waals surface area contributed by atoms with E-state index in [1.807, 2.05) is 0 Å². The molecule has 0 heterocycles. The first kappa shape index (κ1) is 44.5. The number of allylic oxidation sites excluding steroid dienone is 4. The highest BCUT2D eigenvalue weighted by molar-refractivity contribution is 5.69. The molecule has 1 atom stereocenters. The maximum Gasteiger partial charge on any atom is 0.306 e. The maximum absolute atomic E-state index is 11.2. The average molecular weight is 621 g/mol. The number of unbranched alkanes of at least 4 members (excludes halogenated alkanes) is 22. The van der Waals surface area contributed by atoms with E-state index in [9.17, 15) is 14.7 Å². The van der Waals surface area contributed by atoms with E-state index in [1.165, 1.54) is 141 Å². The minimum absolute atomic E-state index is 0.109. The zero-order valence-electron chi connectivity index (χ0n) is 29.8. The van der Waals surface area contributed by atoms with Crippen molar-refractivity contribution in [3.63, 3.8) is 0 Å². The van der Waals surface area contributed by atoms with Gasteiger partial charge in [-0.15, -0.1) is 0 Å². The van der Waals surface area contributed by atoms with E-state index >= 15 is 0 Å². The summed E-state index contributed by atoms with van der Waals surface area (Å²) in [7, 11) is 0. The van der Waals surface area contributed by atoms with Gasteiger partial charge in [-0.05, 0) is 70.6 Å². The second-order valence-electron chi connectivity index (χ2n) is 12.9. The van der Waals surface area contributed by atoms with Crippen LogP contribution in [0.25, 0.3) is 0 Å². The average Bonchev–Trinajstić information content (AvgIpc) is 3.00. The van der Waals surface area contributed by atoms with Gasteiger partial charge in [0.2, 0.25) is 0 Å². The predicted octanol–water partition coefficient (Wildman–Crippen LogP) is 13.6. The smallest absolute Gasteiger partial charge is 0.306 e. The van der Waals surface area contributed by atoms with Gasteiger partial charge >= 0.3 is 11.9 Å². The van der Waals surface area contributed by atoms with Crippen LogP contribution in [-0.2, 0) is 9.59 Å². The number of rotatable bonds is 33. The molecule has 0 aromatic heterocycles. The van der Waals surface area contributed by atoms with Crippen LogP contribution in [0.15, 0.2) is 24.3 Å². The molecule has 0 saturated heterocycles. The molecule has 0 fully saturated rings. The Morgan fingerprint density at radius 3 is 1.11 bits per heavy atom. The minimum atomic E-state index is -0.664. The number of carbonyl (C=O) groups is 2. The number of aliphatic carboxylic acids is 2. The second kappa shape index (κ2) is 39.4. The normalized spacial score (nSPS) is 12.1. The molecule has 0 aliphatic carbocycles. The lowest BCUT2D eigenvalue weighted by Gasteiger charge is -2.11. The van der Waals surface area contributed by atoms with Crippen LogP contribution in [0.2, 0.25) is 0 Å². The fourth-order valence-corrected chi connectivity index (χ4v) is 5.47. The van der Waals surface area contributed by atoms with E-state index in [1.54, 1.807) is 0 Å². The summed E-state index contributed by atoms with van der Waals surface area (Å²) in [6.07, 6.45) is 45.2. The van der Waals surface area contributed by atoms with E-state index in [-0.39, 0.29) is 5.92 Å². The van der Waals surface area contributed by atoms with Gasteiger partial charge in [-0.1, -0.05) is 161 Å². The van der Waals surface area contributed by atoms with Crippen molar-refractivity contribution < 1.29 is 19.8 Å². The first-order valence-electron chi connectivity index (χ1n) is 19.2. The van der Waals surface area contributed by atoms with Crippen LogP contribution in [0, 0.1) is 5.92 Å². The molecule has 0 spiro atoms. The standard InChI is InChI=1S/C22H42O2.C18H34O2/c1-3-5-7-8-9-10-11-12-13-14-15-16-17-18-20-21(22(23)24)19-6-4-2;1-2-3-4-5-6-7-8-9-10-11-12-13-14-15-16-17-18(19)20/h12-13,21H,3-11,14-20H2,1-2H3,(H,23,24);9-10H,2-8,11-17H2,1H3,(H,19,20)/b13-12-;10-9-. The summed E-state index contributed by atoms with van der Waals surface area (Å²) in [6, 6.07) is 0. The van der Waals surface area contributed by atoms with Gasteiger partial charge in [0.05, 0.1) is 5.92 Å². The molecule has 4 nitrogen and oxygen atoms in total. The van der Waals surface area contributed by atoms with Gasteiger partial charge in [0.25, 0.3) is 0 Å². The van der Waals surface area contributed by atoms with Gasteiger partial charge in [-0.25, -0.2) is 0 Å². The Morgan fingerprint density at radius 2 is 0.750 bits per heavy atom. The molecule has 0 aliphatic heterocycles. The lowest BCUT2D eigenvalue weighted by molar-refractivity contribution is -0.142. The fraction of sp³-hybridized carbons (Fsp3) is 0.850. The van der Waals surface area contributed by atoms with Crippen molar-refractivity contribution >= 4 is 11.9 Å². The van der Waals surface area contributed by atoms with Crippen LogP contribution in [0.1, 0.15) is 213 Å². The highest BCUT2D eigenvalue weighted by Gasteiger charge is 2.15. The zero-order chi connectivity index (χ0) is 32.8. The van der Waals surface area contributed by atoms with Gasteiger partial charge in [-0.2, -0.15) is 0 Å². The lowest BCUT2D eigenvalue weighted by atomic mass is 9.95. The third-order valence-electron chi connectivity index (χ3n) is 8.47. The monoisotopic (exact) mass is 621 g/mol. The highest BCUT2D eigenvalue weighted by Crippen LogP contribution is 2.18. The molecular formula is C40H76O4. The molecule has 4 heteroatoms. The summed E-state index contributed by atoms with van der Waals surface area (Å²) in [5.74, 6) is -1.37. The summed E-state index contributed by atoms with van der Waals surface area (Å²) in [5.41, 5.74) is 0. The molecule has 0 radical (unpaired) electrons. The Labute approximate surface area is 275 Å². The molecule has 44 heavy (non-hydrogen) atoms. The van der Waals surface area contributed by atoms with Crippen molar-refractivity contribution in [3.8, 4) is 0 Å². The quantitative estimate of drug-likeness (QED) is 0.0565. The van der Waals surface area contributed by atoms with Crippen molar-refractivity contribution in [3.05, 3.63) is 24.3 Å². The lowest BCUT2D eigenvalue weighted by Crippen LogP contribution is -2.13. The van der Waals surface area contributed by atoms with Crippen LogP contribution in [0.3, 0.4) is 0 Å². The second-order valence-corrected chi connectivity index (χ2v) is 12.9. The molecule has 0 rings (SSSR count). The summed E-state index contributed by atoms with van der Waals surface area (Å²) in [4.78, 5) is 21.5. The summed E-state index contributed by atoms with van der Waals surface area (Å²) >= 11 is 0. The van der Waals surface area contributed by atoms with E-state index in [4.69, 9.17) is 5.11 Å². The molecule has 0 aliphatic rings. The van der Waals surface area contributed by atoms with Gasteiger partial charge in [-0.3, -0.25) is 9.59 Å². The van der Waals surface area contributed by atoms with Crippen LogP contribution in [-0.4, -0.2) is 22.2 Å². The maximum atomic E-state index is 11.2. The molecule has 2 N–H and O–H groups in total. The van der Waals surface area contributed by atoms with Crippen molar-refractivity contribution in [2.24, 2.45) is 5.92 Å². The molecular weight excluding hydrogens is 544 g/mol. The summed E-state index contributed by atoms with van der Waals surface area (Å²) in [6.45, 7) is 6.65. The number of hydrogen-bond acceptors (Lipinski definition) is 2. The Morgan fingerprint density at radius 1 is 0.432 bits per heavy atom. The number of carboxylic acids is 2. The van der Waals surface area contributed by atoms with Crippen LogP contribution >= 0.6 is 0 Å². The van der Waals surface area contributed by atoms with Crippen LogP contribution < -0.4 is 0 Å². The minimum Gasteiger partial charge on any atom is -0.481 e. The van der Waals surface area contributed by atoms with E-state index in [0.717, 1.165) is 44.9 Å². The van der Waals surface area contributed by atoms with Gasteiger partial charge < -0.3 is 10.2 Å². The SMILES string of the molecule is CCCCCCCC/C=C\CCCCCCC(CCCC)C(=O)O.CCCCCCCC/C=C\CCCCCCCC(=O)O. The predicted molar refractivity (Wildman–Crippen MR) is 193 cm³/mol. The van der Waals surface area contributed by atoms with Crippen molar-refractivity contribution in [2.75, 3.05) is 0 Å². The molecule has 1 unspecified atom stereocenters.